The Kier molecular flexibility index (Phi) is 9.76. The standard InChI is InChI=1S/C18H24FN3.C8H6F3NO2.C2H6/c1-11-3-4-15-13(9-11)17-16(12-5-7-22(2)8-6-12)14(19)10-20-18(17)21-15;9-8(10,11)14-6-2-1-5(4-13)7(12)3-6;1-2/h10-12H,3-9H2,1-2H3,(H,20,21);1-4H,12H2;1-2H3. The topological polar surface area (TPSA) is 84.2 Å². The van der Waals surface area contributed by atoms with Gasteiger partial charge in [-0.05, 0) is 81.8 Å². The van der Waals surface area contributed by atoms with Crippen molar-refractivity contribution in [1.29, 1.82) is 0 Å². The number of nitrogen functional groups attached to an aromatic ring is 1. The van der Waals surface area contributed by atoms with Gasteiger partial charge in [0.05, 0.1) is 6.20 Å². The number of carbonyl (C=O) groups excluding carboxylic acids is 1. The van der Waals surface area contributed by atoms with Crippen LogP contribution in [-0.4, -0.2) is 47.7 Å². The van der Waals surface area contributed by atoms with Gasteiger partial charge in [0, 0.05) is 34.0 Å². The van der Waals surface area contributed by atoms with Crippen molar-refractivity contribution in [1.82, 2.24) is 14.9 Å². The van der Waals surface area contributed by atoms with E-state index in [4.69, 9.17) is 5.73 Å². The molecule has 1 aliphatic carbocycles. The van der Waals surface area contributed by atoms with E-state index in [1.54, 1.807) is 0 Å². The van der Waals surface area contributed by atoms with Crippen molar-refractivity contribution >= 4 is 23.0 Å². The van der Waals surface area contributed by atoms with Crippen LogP contribution in [0.2, 0.25) is 0 Å². The van der Waals surface area contributed by atoms with Crippen molar-refractivity contribution in [3.8, 4) is 5.75 Å². The molecule has 1 saturated heterocycles. The van der Waals surface area contributed by atoms with E-state index in [-0.39, 0.29) is 17.1 Å². The number of ether oxygens (including phenoxy) is 1. The second-order valence-corrected chi connectivity index (χ2v) is 9.71. The fourth-order valence-electron chi connectivity index (χ4n) is 5.11. The average molecular weight is 537 g/mol. The van der Waals surface area contributed by atoms with Gasteiger partial charge in [0.25, 0.3) is 0 Å². The number of anilines is 1. The second kappa shape index (κ2) is 12.6. The number of rotatable bonds is 3. The van der Waals surface area contributed by atoms with Crippen molar-refractivity contribution in [2.45, 2.75) is 65.2 Å². The first-order valence-electron chi connectivity index (χ1n) is 13.0. The molecular weight excluding hydrogens is 500 g/mol. The second-order valence-electron chi connectivity index (χ2n) is 9.71. The van der Waals surface area contributed by atoms with Crippen molar-refractivity contribution in [2.24, 2.45) is 5.92 Å². The molecule has 1 fully saturated rings. The lowest BCUT2D eigenvalue weighted by atomic mass is 9.83. The molecule has 1 unspecified atom stereocenters. The lowest BCUT2D eigenvalue weighted by molar-refractivity contribution is -0.274. The highest BCUT2D eigenvalue weighted by Gasteiger charge is 2.31. The summed E-state index contributed by atoms with van der Waals surface area (Å²) in [6.07, 6.45) is 2.54. The number of alkyl halides is 3. The molecular formula is C28H36F4N4O2. The third kappa shape index (κ3) is 7.03. The van der Waals surface area contributed by atoms with Crippen molar-refractivity contribution in [2.75, 3.05) is 25.9 Å². The van der Waals surface area contributed by atoms with Crippen LogP contribution in [0, 0.1) is 11.7 Å². The summed E-state index contributed by atoms with van der Waals surface area (Å²) in [6.45, 7) is 8.40. The Morgan fingerprint density at radius 1 is 1.18 bits per heavy atom. The number of aryl methyl sites for hydroxylation is 1. The molecule has 10 heteroatoms. The number of carbonyl (C=O) groups is 1. The van der Waals surface area contributed by atoms with Gasteiger partial charge in [0.1, 0.15) is 17.2 Å². The number of aromatic amines is 1. The molecule has 1 atom stereocenters. The smallest absolute Gasteiger partial charge is 0.406 e. The molecule has 1 aliphatic heterocycles. The Hall–Kier alpha value is -3.14. The predicted octanol–water partition coefficient (Wildman–Crippen LogP) is 6.64. The average Bonchev–Trinajstić information content (AvgIpc) is 3.23. The number of aldehydes is 1. The largest absolute Gasteiger partial charge is 0.573 e. The number of nitrogens with zero attached hydrogens (tertiary/aromatic N) is 2. The minimum absolute atomic E-state index is 0.0539. The number of H-pyrrole nitrogens is 1. The maximum atomic E-state index is 14.7. The van der Waals surface area contributed by atoms with Gasteiger partial charge in [-0.25, -0.2) is 9.37 Å². The van der Waals surface area contributed by atoms with Gasteiger partial charge in [0.15, 0.2) is 6.29 Å². The molecule has 1 aromatic carbocycles. The van der Waals surface area contributed by atoms with E-state index in [0.717, 1.165) is 73.6 Å². The molecule has 38 heavy (non-hydrogen) atoms. The Labute approximate surface area is 220 Å². The zero-order valence-electron chi connectivity index (χ0n) is 22.3. The van der Waals surface area contributed by atoms with E-state index in [1.807, 2.05) is 13.8 Å². The molecule has 2 aliphatic rings. The summed E-state index contributed by atoms with van der Waals surface area (Å²) in [5, 5.41) is 1.11. The molecule has 208 valence electrons. The first-order chi connectivity index (χ1) is 18.1. The van der Waals surface area contributed by atoms with Crippen LogP contribution in [0.4, 0.5) is 23.2 Å². The molecule has 6 nitrogen and oxygen atoms in total. The van der Waals surface area contributed by atoms with Gasteiger partial charge in [-0.2, -0.15) is 0 Å². The predicted molar refractivity (Wildman–Crippen MR) is 141 cm³/mol. The van der Waals surface area contributed by atoms with Crippen LogP contribution in [0.15, 0.2) is 24.4 Å². The van der Waals surface area contributed by atoms with Crippen LogP contribution in [0.1, 0.15) is 73.1 Å². The third-order valence-corrected chi connectivity index (χ3v) is 6.99. The Bertz CT molecular complexity index is 1230. The number of aromatic nitrogens is 2. The zero-order chi connectivity index (χ0) is 28.0. The van der Waals surface area contributed by atoms with Gasteiger partial charge in [-0.15, -0.1) is 13.2 Å². The Balaban J connectivity index is 0.000000217. The number of fused-ring (bicyclic) bond motifs is 3. The lowest BCUT2D eigenvalue weighted by Gasteiger charge is -2.30. The van der Waals surface area contributed by atoms with Crippen molar-refractivity contribution in [3.63, 3.8) is 0 Å². The SMILES string of the molecule is CC.CC1CCc2[nH]c3ncc(F)c(C4CCN(C)CC4)c3c2C1.Nc1cc(OC(F)(F)F)ccc1C=O. The zero-order valence-corrected chi connectivity index (χ0v) is 22.3. The summed E-state index contributed by atoms with van der Waals surface area (Å²) in [4.78, 5) is 20.4. The number of hydrogen-bond donors (Lipinski definition) is 2. The fraction of sp³-hybridized carbons (Fsp3) is 0.500. The number of nitrogens with one attached hydrogen (secondary N) is 1. The van der Waals surface area contributed by atoms with E-state index < -0.39 is 12.1 Å². The number of hydrogen-bond acceptors (Lipinski definition) is 5. The summed E-state index contributed by atoms with van der Waals surface area (Å²) >= 11 is 0. The van der Waals surface area contributed by atoms with Gasteiger partial charge in [-0.3, -0.25) is 4.79 Å². The normalized spacial score (nSPS) is 18.1. The number of benzene rings is 1. The maximum Gasteiger partial charge on any atom is 0.573 e. The Morgan fingerprint density at radius 2 is 1.87 bits per heavy atom. The van der Waals surface area contributed by atoms with E-state index >= 15 is 0 Å². The summed E-state index contributed by atoms with van der Waals surface area (Å²) < 4.78 is 53.4. The summed E-state index contributed by atoms with van der Waals surface area (Å²) in [7, 11) is 2.15. The summed E-state index contributed by atoms with van der Waals surface area (Å²) in [5.74, 6) is 0.460. The molecule has 2 aromatic heterocycles. The fourth-order valence-corrected chi connectivity index (χ4v) is 5.11. The molecule has 3 heterocycles. The molecule has 0 amide bonds. The third-order valence-electron chi connectivity index (χ3n) is 6.99. The highest BCUT2D eigenvalue weighted by atomic mass is 19.4. The van der Waals surface area contributed by atoms with Crippen LogP contribution in [0.25, 0.3) is 11.0 Å². The van der Waals surface area contributed by atoms with Gasteiger partial charge in [-0.1, -0.05) is 20.8 Å². The van der Waals surface area contributed by atoms with E-state index in [0.29, 0.717) is 18.1 Å². The molecule has 5 rings (SSSR count). The number of pyridine rings is 1. The van der Waals surface area contributed by atoms with Crippen molar-refractivity contribution < 1.29 is 27.1 Å². The summed E-state index contributed by atoms with van der Waals surface area (Å²) in [5.41, 5.74) is 9.81. The van der Waals surface area contributed by atoms with Crippen LogP contribution < -0.4 is 10.5 Å². The Morgan fingerprint density at radius 3 is 2.47 bits per heavy atom. The van der Waals surface area contributed by atoms with Gasteiger partial charge in [0.2, 0.25) is 0 Å². The van der Waals surface area contributed by atoms with E-state index in [1.165, 1.54) is 23.9 Å². The van der Waals surface area contributed by atoms with Gasteiger partial charge < -0.3 is 20.4 Å². The number of likely N-dealkylation sites (tertiary alicyclic amines) is 1. The molecule has 0 saturated carbocycles. The number of piperidine rings is 1. The highest BCUT2D eigenvalue weighted by Crippen LogP contribution is 2.39. The van der Waals surface area contributed by atoms with Crippen LogP contribution in [0.3, 0.4) is 0 Å². The quantitative estimate of drug-likeness (QED) is 0.223. The first-order valence-corrected chi connectivity index (χ1v) is 13.0. The van der Waals surface area contributed by atoms with Crippen LogP contribution in [0.5, 0.6) is 5.75 Å². The van der Waals surface area contributed by atoms with E-state index in [9.17, 15) is 22.4 Å². The lowest BCUT2D eigenvalue weighted by Crippen LogP contribution is -2.29. The first kappa shape index (κ1) is 29.4. The maximum absolute atomic E-state index is 14.7. The van der Waals surface area contributed by atoms with Crippen LogP contribution in [-0.2, 0) is 12.8 Å². The molecule has 0 spiro atoms. The van der Waals surface area contributed by atoms with Crippen LogP contribution >= 0.6 is 0 Å². The molecule has 0 bridgehead atoms. The minimum atomic E-state index is -4.75. The number of nitrogens with two attached hydrogens (primary N) is 1. The monoisotopic (exact) mass is 536 g/mol. The van der Waals surface area contributed by atoms with Crippen molar-refractivity contribution in [3.05, 3.63) is 52.6 Å². The van der Waals surface area contributed by atoms with E-state index in [2.05, 4.69) is 33.6 Å². The summed E-state index contributed by atoms with van der Waals surface area (Å²) in [6, 6.07) is 3.12. The minimum Gasteiger partial charge on any atom is -0.406 e. The number of halogens is 4. The van der Waals surface area contributed by atoms with Gasteiger partial charge >= 0.3 is 6.36 Å². The molecule has 3 aromatic rings. The highest BCUT2D eigenvalue weighted by molar-refractivity contribution is 5.86. The molecule has 0 radical (unpaired) electrons. The molecule has 3 N–H and O–H groups in total.